The lowest BCUT2D eigenvalue weighted by atomic mass is 10.3. The molecule has 0 aliphatic rings. The van der Waals surface area contributed by atoms with Crippen molar-refractivity contribution in [2.45, 2.75) is 52.7 Å². The van der Waals surface area contributed by atoms with Crippen LogP contribution in [0.4, 0.5) is 0 Å². The lowest BCUT2D eigenvalue weighted by molar-refractivity contribution is 0.129. The zero-order chi connectivity index (χ0) is 12.5. The van der Waals surface area contributed by atoms with Crippen LogP contribution in [0.3, 0.4) is 0 Å². The van der Waals surface area contributed by atoms with Crippen LogP contribution in [-0.4, -0.2) is 28.8 Å². The van der Waals surface area contributed by atoms with E-state index in [-0.39, 0.29) is 0 Å². The van der Waals surface area contributed by atoms with Gasteiger partial charge in [-0.3, -0.25) is 0 Å². The van der Waals surface area contributed by atoms with Crippen LogP contribution in [0.5, 0.6) is 0 Å². The molecule has 0 amide bonds. The van der Waals surface area contributed by atoms with Gasteiger partial charge in [-0.15, -0.1) is 0 Å². The van der Waals surface area contributed by atoms with Gasteiger partial charge in [0.25, 0.3) is 0 Å². The van der Waals surface area contributed by atoms with Crippen molar-refractivity contribution in [3.63, 3.8) is 0 Å². The molecule has 98 valence electrons. The highest BCUT2D eigenvalue weighted by molar-refractivity contribution is 4.98. The normalized spacial score (nSPS) is 11.3. The third-order valence-electron chi connectivity index (χ3n) is 2.53. The predicted molar refractivity (Wildman–Crippen MR) is 69.9 cm³/mol. The summed E-state index contributed by atoms with van der Waals surface area (Å²) in [5, 5.41) is 3.41. The Hall–Kier alpha value is -0.870. The van der Waals surface area contributed by atoms with E-state index < -0.39 is 0 Å². The predicted octanol–water partition coefficient (Wildman–Crippen LogP) is 2.20. The number of hydrogen-bond acceptors (Lipinski definition) is 3. The Kier molecular flexibility index (Phi) is 6.89. The van der Waals surface area contributed by atoms with Crippen LogP contribution < -0.4 is 5.32 Å². The smallest absolute Gasteiger partial charge is 0.0948 e. The van der Waals surface area contributed by atoms with Crippen molar-refractivity contribution in [2.75, 3.05) is 13.2 Å². The third kappa shape index (κ3) is 5.84. The fraction of sp³-hybridized carbons (Fsp3) is 0.769. The molecule has 4 heteroatoms. The summed E-state index contributed by atoms with van der Waals surface area (Å²) in [6, 6.07) is 0.506. The minimum absolute atomic E-state index is 0.506. The molecule has 0 unspecified atom stereocenters. The second-order valence-corrected chi connectivity index (χ2v) is 4.58. The van der Waals surface area contributed by atoms with Gasteiger partial charge in [-0.2, -0.15) is 0 Å². The van der Waals surface area contributed by atoms with Gasteiger partial charge in [-0.05, 0) is 12.8 Å². The van der Waals surface area contributed by atoms with E-state index in [2.05, 4.69) is 35.6 Å². The van der Waals surface area contributed by atoms with E-state index >= 15 is 0 Å². The molecule has 1 heterocycles. The lowest BCUT2D eigenvalue weighted by Crippen LogP contribution is -2.23. The van der Waals surface area contributed by atoms with Crippen molar-refractivity contribution in [3.8, 4) is 0 Å². The average molecular weight is 239 g/mol. The maximum atomic E-state index is 5.47. The fourth-order valence-electron chi connectivity index (χ4n) is 1.59. The van der Waals surface area contributed by atoms with Gasteiger partial charge < -0.3 is 14.6 Å². The number of nitrogens with one attached hydrogen (secondary N) is 1. The molecule has 1 N–H and O–H groups in total. The molecule has 0 aliphatic heterocycles. The zero-order valence-electron chi connectivity index (χ0n) is 11.3. The second kappa shape index (κ2) is 8.25. The van der Waals surface area contributed by atoms with Crippen LogP contribution in [-0.2, 0) is 17.8 Å². The van der Waals surface area contributed by atoms with Gasteiger partial charge >= 0.3 is 0 Å². The molecular formula is C13H25N3O. The number of hydrogen-bond donors (Lipinski definition) is 1. The molecule has 0 aliphatic carbocycles. The van der Waals surface area contributed by atoms with Crippen LogP contribution >= 0.6 is 0 Å². The number of ether oxygens (including phenoxy) is 1. The van der Waals surface area contributed by atoms with E-state index in [9.17, 15) is 0 Å². The summed E-state index contributed by atoms with van der Waals surface area (Å²) in [5.74, 6) is 0. The summed E-state index contributed by atoms with van der Waals surface area (Å²) in [7, 11) is 0. The highest BCUT2D eigenvalue weighted by Gasteiger charge is 2.02. The van der Waals surface area contributed by atoms with Crippen LogP contribution in [0.25, 0.3) is 0 Å². The van der Waals surface area contributed by atoms with Crippen molar-refractivity contribution >= 4 is 0 Å². The largest absolute Gasteiger partial charge is 0.381 e. The van der Waals surface area contributed by atoms with Gasteiger partial charge in [-0.1, -0.05) is 20.8 Å². The topological polar surface area (TPSA) is 39.1 Å². The molecule has 1 aromatic rings. The van der Waals surface area contributed by atoms with Crippen molar-refractivity contribution in [3.05, 3.63) is 18.2 Å². The first-order valence-corrected chi connectivity index (χ1v) is 6.54. The van der Waals surface area contributed by atoms with Crippen LogP contribution in [0, 0.1) is 0 Å². The number of aryl methyl sites for hydroxylation is 1. The van der Waals surface area contributed by atoms with Crippen molar-refractivity contribution in [1.29, 1.82) is 0 Å². The third-order valence-corrected chi connectivity index (χ3v) is 2.53. The Morgan fingerprint density at radius 3 is 2.94 bits per heavy atom. The summed E-state index contributed by atoms with van der Waals surface area (Å²) in [4.78, 5) is 4.20. The summed E-state index contributed by atoms with van der Waals surface area (Å²) in [6.45, 7) is 10.0. The van der Waals surface area contributed by atoms with Gasteiger partial charge in [0.05, 0.1) is 12.0 Å². The Bertz CT molecular complexity index is 297. The molecule has 4 nitrogen and oxygen atoms in total. The van der Waals surface area contributed by atoms with Gasteiger partial charge in [0.1, 0.15) is 0 Å². The van der Waals surface area contributed by atoms with Crippen molar-refractivity contribution in [1.82, 2.24) is 14.9 Å². The minimum Gasteiger partial charge on any atom is -0.381 e. The number of rotatable bonds is 9. The monoisotopic (exact) mass is 239 g/mol. The van der Waals surface area contributed by atoms with Crippen LogP contribution in [0.15, 0.2) is 12.5 Å². The first-order valence-electron chi connectivity index (χ1n) is 6.54. The zero-order valence-corrected chi connectivity index (χ0v) is 11.3. The number of nitrogens with zero attached hydrogens (tertiary/aromatic N) is 2. The molecule has 0 saturated heterocycles. The van der Waals surface area contributed by atoms with Gasteiger partial charge in [-0.25, -0.2) is 4.98 Å². The maximum absolute atomic E-state index is 5.47. The van der Waals surface area contributed by atoms with E-state index in [1.54, 1.807) is 0 Å². The van der Waals surface area contributed by atoms with Crippen LogP contribution in [0.1, 0.15) is 39.3 Å². The SMILES string of the molecule is CCCOCCCn1cncc1CNC(C)C. The average Bonchev–Trinajstić information content (AvgIpc) is 2.73. The highest BCUT2D eigenvalue weighted by atomic mass is 16.5. The number of imidazole rings is 1. The Morgan fingerprint density at radius 1 is 1.41 bits per heavy atom. The Balaban J connectivity index is 2.25. The molecule has 0 saturated carbocycles. The molecule has 0 radical (unpaired) electrons. The highest BCUT2D eigenvalue weighted by Crippen LogP contribution is 2.01. The quantitative estimate of drug-likeness (QED) is 0.671. The first kappa shape index (κ1) is 14.2. The van der Waals surface area contributed by atoms with Gasteiger partial charge in [0, 0.05) is 38.5 Å². The molecular weight excluding hydrogens is 214 g/mol. The lowest BCUT2D eigenvalue weighted by Gasteiger charge is -2.11. The van der Waals surface area contributed by atoms with Gasteiger partial charge in [0.15, 0.2) is 0 Å². The molecule has 1 rings (SSSR count). The molecule has 1 aromatic heterocycles. The van der Waals surface area contributed by atoms with E-state index in [0.29, 0.717) is 6.04 Å². The van der Waals surface area contributed by atoms with Crippen molar-refractivity contribution in [2.24, 2.45) is 0 Å². The summed E-state index contributed by atoms with van der Waals surface area (Å²) in [5.41, 5.74) is 1.24. The standard InChI is InChI=1S/C13H25N3O/c1-4-7-17-8-5-6-16-11-14-9-13(16)10-15-12(2)3/h9,11-12,15H,4-8,10H2,1-3H3. The van der Waals surface area contributed by atoms with Crippen molar-refractivity contribution < 1.29 is 4.74 Å². The molecule has 17 heavy (non-hydrogen) atoms. The fourth-order valence-corrected chi connectivity index (χ4v) is 1.59. The maximum Gasteiger partial charge on any atom is 0.0948 e. The first-order chi connectivity index (χ1) is 8.24. The Labute approximate surface area is 104 Å². The van der Waals surface area contributed by atoms with E-state index in [1.807, 2.05) is 12.5 Å². The minimum atomic E-state index is 0.506. The molecule has 0 bridgehead atoms. The second-order valence-electron chi connectivity index (χ2n) is 4.58. The molecule has 0 aromatic carbocycles. The van der Waals surface area contributed by atoms with E-state index in [4.69, 9.17) is 4.74 Å². The molecule has 0 spiro atoms. The van der Waals surface area contributed by atoms with Crippen LogP contribution in [0.2, 0.25) is 0 Å². The van der Waals surface area contributed by atoms with Gasteiger partial charge in [0.2, 0.25) is 0 Å². The summed E-state index contributed by atoms with van der Waals surface area (Å²) < 4.78 is 7.67. The summed E-state index contributed by atoms with van der Waals surface area (Å²) >= 11 is 0. The molecule has 0 atom stereocenters. The number of aromatic nitrogens is 2. The molecule has 0 fully saturated rings. The van der Waals surface area contributed by atoms with E-state index in [1.165, 1.54) is 5.69 Å². The summed E-state index contributed by atoms with van der Waals surface area (Å²) in [6.07, 6.45) is 5.97. The van der Waals surface area contributed by atoms with E-state index in [0.717, 1.165) is 39.1 Å². The Morgan fingerprint density at radius 2 is 2.24 bits per heavy atom.